The molecule has 0 heterocycles. The molecule has 0 saturated carbocycles. The van der Waals surface area contributed by atoms with Crippen molar-refractivity contribution in [1.82, 2.24) is 5.32 Å². The topological polar surface area (TPSA) is 155 Å². The summed E-state index contributed by atoms with van der Waals surface area (Å²) in [6.45, 7) is -0.0698. The number of ether oxygens (including phenoxy) is 4. The van der Waals surface area contributed by atoms with Gasteiger partial charge in [0.1, 0.15) is 24.7 Å². The van der Waals surface area contributed by atoms with Crippen LogP contribution in [-0.4, -0.2) is 50.3 Å². The van der Waals surface area contributed by atoms with E-state index in [1.165, 1.54) is 26.3 Å². The number of rotatable bonds is 14. The van der Waals surface area contributed by atoms with Crippen LogP contribution in [0.2, 0.25) is 0 Å². The van der Waals surface area contributed by atoms with Crippen LogP contribution in [0.15, 0.2) is 115 Å². The van der Waals surface area contributed by atoms with Crippen molar-refractivity contribution in [2.45, 2.75) is 24.9 Å². The second-order valence-corrected chi connectivity index (χ2v) is 12.3. The van der Waals surface area contributed by atoms with E-state index in [1.54, 1.807) is 54.6 Å². The Labute approximate surface area is 305 Å². The van der Waals surface area contributed by atoms with Gasteiger partial charge >= 0.3 is 12.1 Å². The van der Waals surface area contributed by atoms with Crippen molar-refractivity contribution >= 4 is 29.3 Å². The number of benzene rings is 5. The molecule has 0 spiro atoms. The first-order chi connectivity index (χ1) is 25.7. The monoisotopic (exact) mass is 715 g/mol. The highest BCUT2D eigenvalue weighted by atomic mass is 16.6. The van der Waals surface area contributed by atoms with Gasteiger partial charge in [0.2, 0.25) is 0 Å². The molecule has 53 heavy (non-hydrogen) atoms. The number of methoxy groups -OCH3 is 1. The normalized spacial score (nSPS) is 12.1. The molecule has 0 bridgehead atoms. The van der Waals surface area contributed by atoms with E-state index >= 15 is 0 Å². The average molecular weight is 716 g/mol. The van der Waals surface area contributed by atoms with E-state index in [1.807, 2.05) is 36.4 Å². The predicted octanol–water partition coefficient (Wildman–Crippen LogP) is 7.16. The first kappa shape index (κ1) is 36.1. The van der Waals surface area contributed by atoms with Crippen molar-refractivity contribution in [2.75, 3.05) is 32.7 Å². The minimum atomic E-state index is -0.861. The third-order valence-electron chi connectivity index (χ3n) is 9.03. The van der Waals surface area contributed by atoms with Gasteiger partial charge in [0.25, 0.3) is 11.6 Å². The summed E-state index contributed by atoms with van der Waals surface area (Å²) in [7, 11) is 2.99. The molecule has 0 aromatic heterocycles. The lowest BCUT2D eigenvalue weighted by molar-refractivity contribution is -0.384. The summed E-state index contributed by atoms with van der Waals surface area (Å²) >= 11 is 0. The molecule has 5 aromatic rings. The molecular weight excluding hydrogens is 678 g/mol. The standard InChI is InChI=1S/C41H37N3O9/c1-42-39(45)25-51-30-18-13-27(14-19-30)23-52-40(46)35(21-26-11-16-29(17-12-26)44(48)49)28-15-20-38(50-2)37(22-28)43-41(47)53-24-36-33-9-5-3-7-31(33)32-8-4-6-10-34(32)36/h3-20,22,35-36H,21,23-25H2,1-2H3,(H,42,45)(H,43,47). The predicted molar refractivity (Wildman–Crippen MR) is 197 cm³/mol. The highest BCUT2D eigenvalue weighted by Crippen LogP contribution is 2.44. The average Bonchev–Trinajstić information content (AvgIpc) is 3.51. The molecule has 5 aromatic carbocycles. The van der Waals surface area contributed by atoms with Crippen molar-refractivity contribution in [2.24, 2.45) is 0 Å². The number of carbonyl (C=O) groups excluding carboxylic acids is 3. The van der Waals surface area contributed by atoms with Crippen molar-refractivity contribution in [3.05, 3.63) is 153 Å². The second-order valence-electron chi connectivity index (χ2n) is 12.3. The van der Waals surface area contributed by atoms with Crippen LogP contribution in [0.5, 0.6) is 11.5 Å². The van der Waals surface area contributed by atoms with E-state index in [0.29, 0.717) is 28.2 Å². The zero-order chi connectivity index (χ0) is 37.3. The van der Waals surface area contributed by atoms with Crippen LogP contribution in [0.25, 0.3) is 11.1 Å². The highest BCUT2D eigenvalue weighted by molar-refractivity contribution is 5.88. The number of amides is 2. The van der Waals surface area contributed by atoms with Crippen LogP contribution in [0, 0.1) is 10.1 Å². The summed E-state index contributed by atoms with van der Waals surface area (Å²) in [5.41, 5.74) is 6.47. The minimum Gasteiger partial charge on any atom is -0.495 e. The van der Waals surface area contributed by atoms with Gasteiger partial charge < -0.3 is 24.3 Å². The van der Waals surface area contributed by atoms with E-state index in [2.05, 4.69) is 22.8 Å². The summed E-state index contributed by atoms with van der Waals surface area (Å²) in [5, 5.41) is 16.5. The zero-order valence-corrected chi connectivity index (χ0v) is 29.1. The Morgan fingerprint density at radius 2 is 1.45 bits per heavy atom. The van der Waals surface area contributed by atoms with Crippen molar-refractivity contribution < 1.29 is 38.3 Å². The molecule has 0 saturated heterocycles. The molecule has 0 fully saturated rings. The van der Waals surface area contributed by atoms with Crippen molar-refractivity contribution in [1.29, 1.82) is 0 Å². The van der Waals surface area contributed by atoms with Crippen molar-refractivity contribution in [3.8, 4) is 22.6 Å². The molecule has 6 rings (SSSR count). The van der Waals surface area contributed by atoms with Crippen LogP contribution in [0.3, 0.4) is 0 Å². The number of hydrogen-bond donors (Lipinski definition) is 2. The van der Waals surface area contributed by atoms with Crippen LogP contribution >= 0.6 is 0 Å². The van der Waals surface area contributed by atoms with Crippen LogP contribution in [0.1, 0.15) is 39.7 Å². The first-order valence-electron chi connectivity index (χ1n) is 16.9. The first-order valence-corrected chi connectivity index (χ1v) is 16.9. The summed E-state index contributed by atoms with van der Waals surface area (Å²) in [5.74, 6) is -0.982. The molecule has 1 atom stereocenters. The van der Waals surface area contributed by atoms with Gasteiger partial charge in [0.05, 0.1) is 23.6 Å². The summed E-state index contributed by atoms with van der Waals surface area (Å²) in [6, 6.07) is 33.8. The number of hydrogen-bond acceptors (Lipinski definition) is 9. The largest absolute Gasteiger partial charge is 0.495 e. The lowest BCUT2D eigenvalue weighted by Crippen LogP contribution is -2.24. The molecule has 2 amide bonds. The molecule has 12 heteroatoms. The summed E-state index contributed by atoms with van der Waals surface area (Å²) in [4.78, 5) is 49.3. The van der Waals surface area contributed by atoms with E-state index in [-0.39, 0.29) is 49.4 Å². The van der Waals surface area contributed by atoms with Gasteiger partial charge in [0.15, 0.2) is 6.61 Å². The summed E-state index contributed by atoms with van der Waals surface area (Å²) in [6.07, 6.45) is -0.542. The third-order valence-corrected chi connectivity index (χ3v) is 9.03. The number of anilines is 1. The highest BCUT2D eigenvalue weighted by Gasteiger charge is 2.30. The number of esters is 1. The molecule has 270 valence electrons. The Kier molecular flexibility index (Phi) is 11.3. The number of nitro benzene ring substituents is 1. The molecule has 1 aliphatic carbocycles. The number of non-ortho nitro benzene ring substituents is 1. The minimum absolute atomic E-state index is 0.0493. The Morgan fingerprint density at radius 1 is 0.811 bits per heavy atom. The second kappa shape index (κ2) is 16.6. The van der Waals surface area contributed by atoms with E-state index < -0.39 is 22.9 Å². The van der Waals surface area contributed by atoms with Crippen LogP contribution < -0.4 is 20.1 Å². The van der Waals surface area contributed by atoms with Crippen LogP contribution in [0.4, 0.5) is 16.2 Å². The zero-order valence-electron chi connectivity index (χ0n) is 29.1. The Balaban J connectivity index is 1.18. The van der Waals surface area contributed by atoms with E-state index in [0.717, 1.165) is 22.3 Å². The number of nitrogens with zero attached hydrogens (tertiary/aromatic N) is 1. The molecule has 0 aliphatic heterocycles. The van der Waals surface area contributed by atoms with Crippen LogP contribution in [-0.2, 0) is 32.1 Å². The molecular formula is C41H37N3O9. The number of fused-ring (bicyclic) bond motifs is 3. The van der Waals surface area contributed by atoms with Gasteiger partial charge in [-0.15, -0.1) is 0 Å². The fourth-order valence-corrected chi connectivity index (χ4v) is 6.27. The van der Waals surface area contributed by atoms with Gasteiger partial charge in [0, 0.05) is 25.1 Å². The van der Waals surface area contributed by atoms with Gasteiger partial charge in [-0.05, 0) is 69.6 Å². The van der Waals surface area contributed by atoms with Gasteiger partial charge in [-0.2, -0.15) is 0 Å². The lowest BCUT2D eigenvalue weighted by atomic mass is 9.91. The number of likely N-dealkylation sites (N-methyl/N-ethyl adjacent to an activating group) is 1. The van der Waals surface area contributed by atoms with Gasteiger partial charge in [-0.1, -0.05) is 78.9 Å². The molecule has 0 radical (unpaired) electrons. The third kappa shape index (κ3) is 8.62. The smallest absolute Gasteiger partial charge is 0.411 e. The number of carbonyl (C=O) groups is 3. The fraction of sp³-hybridized carbons (Fsp3) is 0.195. The SMILES string of the molecule is CNC(=O)COc1ccc(COC(=O)C(Cc2ccc([N+](=O)[O-])cc2)c2ccc(OC)c(NC(=O)OCC3c4ccccc4-c4ccccc43)c2)cc1. The summed E-state index contributed by atoms with van der Waals surface area (Å²) < 4.78 is 22.5. The molecule has 1 unspecified atom stereocenters. The molecule has 12 nitrogen and oxygen atoms in total. The fourth-order valence-electron chi connectivity index (χ4n) is 6.27. The van der Waals surface area contributed by atoms with E-state index in [9.17, 15) is 24.5 Å². The molecule has 2 N–H and O–H groups in total. The Morgan fingerprint density at radius 3 is 2.08 bits per heavy atom. The quantitative estimate of drug-likeness (QED) is 0.0692. The van der Waals surface area contributed by atoms with Crippen molar-refractivity contribution in [3.63, 3.8) is 0 Å². The Bertz CT molecular complexity index is 2070. The maximum absolute atomic E-state index is 13.8. The molecule has 1 aliphatic rings. The lowest BCUT2D eigenvalue weighted by Gasteiger charge is -2.20. The maximum Gasteiger partial charge on any atom is 0.411 e. The Hall–Kier alpha value is -6.69. The van der Waals surface area contributed by atoms with E-state index in [4.69, 9.17) is 18.9 Å². The van der Waals surface area contributed by atoms with Gasteiger partial charge in [-0.3, -0.25) is 25.0 Å². The number of nitrogens with one attached hydrogen (secondary N) is 2. The van der Waals surface area contributed by atoms with Gasteiger partial charge in [-0.25, -0.2) is 4.79 Å². The maximum atomic E-state index is 13.8. The number of nitro groups is 1.